The van der Waals surface area contributed by atoms with Crippen molar-refractivity contribution >= 4 is 0 Å². The molecule has 0 bridgehead atoms. The van der Waals surface area contributed by atoms with Gasteiger partial charge in [0.15, 0.2) is 11.5 Å². The zero-order chi connectivity index (χ0) is 24.6. The van der Waals surface area contributed by atoms with E-state index in [0.717, 1.165) is 61.8 Å². The second-order valence-corrected chi connectivity index (χ2v) is 11.6. The van der Waals surface area contributed by atoms with Crippen LogP contribution < -0.4 is 14.8 Å². The normalized spacial score (nSPS) is 31.4. The van der Waals surface area contributed by atoms with E-state index in [-0.39, 0.29) is 0 Å². The Morgan fingerprint density at radius 3 is 2.74 bits per heavy atom. The van der Waals surface area contributed by atoms with Crippen molar-refractivity contribution in [3.63, 3.8) is 0 Å². The summed E-state index contributed by atoms with van der Waals surface area (Å²) < 4.78 is 11.9. The highest BCUT2D eigenvalue weighted by atomic mass is 16.5. The van der Waals surface area contributed by atoms with E-state index in [9.17, 15) is 5.11 Å². The molecule has 3 aliphatic carbocycles. The van der Waals surface area contributed by atoms with Crippen LogP contribution in [0.4, 0.5) is 0 Å². The third-order valence-corrected chi connectivity index (χ3v) is 9.79. The van der Waals surface area contributed by atoms with Crippen LogP contribution in [0.1, 0.15) is 75.5 Å². The SMILES string of the molecule is CCNCc1ccc(OCC[C@H]2CCC3C4C(C)Cc5cc(O)ccc5C4CC[C@@]32C)c(OC)c1. The molecule has 3 aliphatic rings. The molecule has 0 aliphatic heterocycles. The van der Waals surface area contributed by atoms with Gasteiger partial charge in [-0.1, -0.05) is 32.9 Å². The van der Waals surface area contributed by atoms with Gasteiger partial charge in [0.25, 0.3) is 0 Å². The summed E-state index contributed by atoms with van der Waals surface area (Å²) >= 11 is 0. The molecule has 2 N–H and O–H groups in total. The Balaban J connectivity index is 1.25. The number of phenolic OH excluding ortho intramolecular Hbond substituents is 1. The fourth-order valence-electron chi connectivity index (χ4n) is 8.07. The number of ether oxygens (including phenoxy) is 2. The molecule has 0 aromatic heterocycles. The maximum absolute atomic E-state index is 10.0. The van der Waals surface area contributed by atoms with Crippen molar-refractivity contribution in [2.45, 2.75) is 71.8 Å². The molecule has 2 saturated carbocycles. The maximum Gasteiger partial charge on any atom is 0.161 e. The summed E-state index contributed by atoms with van der Waals surface area (Å²) in [5.41, 5.74) is 4.53. The van der Waals surface area contributed by atoms with Crippen LogP contribution in [0.2, 0.25) is 0 Å². The van der Waals surface area contributed by atoms with Gasteiger partial charge in [-0.15, -0.1) is 0 Å². The molecular formula is C31H43NO3. The number of benzene rings is 2. The van der Waals surface area contributed by atoms with Crippen molar-refractivity contribution in [3.8, 4) is 17.2 Å². The highest BCUT2D eigenvalue weighted by Crippen LogP contribution is 2.64. The molecule has 2 fully saturated rings. The van der Waals surface area contributed by atoms with Crippen LogP contribution in [-0.4, -0.2) is 25.4 Å². The Hall–Kier alpha value is -2.20. The number of phenols is 1. The van der Waals surface area contributed by atoms with Gasteiger partial charge in [0.2, 0.25) is 0 Å². The van der Waals surface area contributed by atoms with E-state index in [1.54, 1.807) is 7.11 Å². The van der Waals surface area contributed by atoms with Crippen molar-refractivity contribution < 1.29 is 14.6 Å². The molecule has 0 saturated heterocycles. The largest absolute Gasteiger partial charge is 0.508 e. The molecular weight excluding hydrogens is 434 g/mol. The number of rotatable bonds is 8. The molecule has 0 heterocycles. The third kappa shape index (κ3) is 4.55. The second-order valence-electron chi connectivity index (χ2n) is 11.6. The lowest BCUT2D eigenvalue weighted by molar-refractivity contribution is 0.000862. The highest BCUT2D eigenvalue weighted by molar-refractivity contribution is 5.43. The first kappa shape index (κ1) is 24.5. The van der Waals surface area contributed by atoms with Gasteiger partial charge in [0.1, 0.15) is 5.75 Å². The average molecular weight is 478 g/mol. The fourth-order valence-corrected chi connectivity index (χ4v) is 8.07. The number of nitrogens with one attached hydrogen (secondary N) is 1. The maximum atomic E-state index is 10.0. The minimum atomic E-state index is 0.410. The van der Waals surface area contributed by atoms with Crippen molar-refractivity contribution in [2.24, 2.45) is 29.1 Å². The van der Waals surface area contributed by atoms with Crippen molar-refractivity contribution in [1.29, 1.82) is 0 Å². The van der Waals surface area contributed by atoms with Crippen molar-refractivity contribution in [1.82, 2.24) is 5.32 Å². The zero-order valence-electron chi connectivity index (χ0n) is 22.0. The summed E-state index contributed by atoms with van der Waals surface area (Å²) in [6.45, 7) is 9.72. The minimum absolute atomic E-state index is 0.410. The molecule has 190 valence electrons. The molecule has 4 unspecified atom stereocenters. The molecule has 0 amide bonds. The first-order chi connectivity index (χ1) is 16.9. The van der Waals surface area contributed by atoms with E-state index in [1.807, 2.05) is 12.1 Å². The third-order valence-electron chi connectivity index (χ3n) is 9.79. The van der Waals surface area contributed by atoms with E-state index in [1.165, 1.54) is 42.4 Å². The van der Waals surface area contributed by atoms with Gasteiger partial charge in [0.05, 0.1) is 13.7 Å². The van der Waals surface area contributed by atoms with E-state index >= 15 is 0 Å². The van der Waals surface area contributed by atoms with Crippen LogP contribution in [0.15, 0.2) is 36.4 Å². The number of aromatic hydroxyl groups is 1. The Morgan fingerprint density at radius 1 is 1.09 bits per heavy atom. The first-order valence-electron chi connectivity index (χ1n) is 13.8. The predicted molar refractivity (Wildman–Crippen MR) is 141 cm³/mol. The lowest BCUT2D eigenvalue weighted by Gasteiger charge is -2.53. The Morgan fingerprint density at radius 2 is 1.94 bits per heavy atom. The molecule has 35 heavy (non-hydrogen) atoms. The predicted octanol–water partition coefficient (Wildman–Crippen LogP) is 6.70. The van der Waals surface area contributed by atoms with Gasteiger partial charge in [-0.2, -0.15) is 0 Å². The smallest absolute Gasteiger partial charge is 0.161 e. The van der Waals surface area contributed by atoms with Crippen LogP contribution >= 0.6 is 0 Å². The Labute approximate surface area is 211 Å². The van der Waals surface area contributed by atoms with Crippen LogP contribution in [0.25, 0.3) is 0 Å². The van der Waals surface area contributed by atoms with Crippen LogP contribution in [-0.2, 0) is 13.0 Å². The van der Waals surface area contributed by atoms with Gasteiger partial charge in [-0.3, -0.25) is 0 Å². The van der Waals surface area contributed by atoms with E-state index in [0.29, 0.717) is 23.0 Å². The number of fused-ring (bicyclic) bond motifs is 5. The second kappa shape index (κ2) is 10.0. The Bertz CT molecular complexity index is 1040. The van der Waals surface area contributed by atoms with Gasteiger partial charge in [-0.05, 0) is 121 Å². The zero-order valence-corrected chi connectivity index (χ0v) is 22.0. The monoisotopic (exact) mass is 477 g/mol. The quantitative estimate of drug-likeness (QED) is 0.444. The standard InChI is InChI=1S/C31H43NO3/c1-5-32-19-21-6-11-28(29(17-21)34-4)35-15-13-23-7-10-27-30-20(2)16-22-18-24(33)8-9-25(22)26(30)12-14-31(23,27)3/h6,8-9,11,17-18,20,23,26-27,30,32-33H,5,7,10,12-16,19H2,1-4H3/t20?,23-,26?,27?,30?,31-/m1/s1. The average Bonchev–Trinajstić information content (AvgIpc) is 3.19. The van der Waals surface area contributed by atoms with Gasteiger partial charge in [0, 0.05) is 6.54 Å². The summed E-state index contributed by atoms with van der Waals surface area (Å²) in [4.78, 5) is 0. The van der Waals surface area contributed by atoms with Crippen LogP contribution in [0, 0.1) is 29.1 Å². The summed E-state index contributed by atoms with van der Waals surface area (Å²) in [5, 5.41) is 13.4. The van der Waals surface area contributed by atoms with Gasteiger partial charge >= 0.3 is 0 Å². The number of hydrogen-bond donors (Lipinski definition) is 2. The number of methoxy groups -OCH3 is 1. The van der Waals surface area contributed by atoms with Crippen molar-refractivity contribution in [2.75, 3.05) is 20.3 Å². The molecule has 6 atom stereocenters. The summed E-state index contributed by atoms with van der Waals surface area (Å²) in [6, 6.07) is 12.4. The Kier molecular flexibility index (Phi) is 7.03. The summed E-state index contributed by atoms with van der Waals surface area (Å²) in [6.07, 6.45) is 7.47. The summed E-state index contributed by atoms with van der Waals surface area (Å²) in [7, 11) is 1.73. The summed E-state index contributed by atoms with van der Waals surface area (Å²) in [5.74, 6) is 5.73. The van der Waals surface area contributed by atoms with E-state index in [2.05, 4.69) is 50.4 Å². The van der Waals surface area contributed by atoms with E-state index < -0.39 is 0 Å². The molecule has 0 radical (unpaired) electrons. The molecule has 0 spiro atoms. The molecule has 2 aromatic carbocycles. The number of hydrogen-bond acceptors (Lipinski definition) is 4. The minimum Gasteiger partial charge on any atom is -0.508 e. The van der Waals surface area contributed by atoms with Crippen LogP contribution in [0.3, 0.4) is 0 Å². The lowest BCUT2D eigenvalue weighted by atomic mass is 9.51. The molecule has 4 nitrogen and oxygen atoms in total. The lowest BCUT2D eigenvalue weighted by Crippen LogP contribution is -2.45. The fraction of sp³-hybridized carbons (Fsp3) is 0.613. The van der Waals surface area contributed by atoms with Gasteiger partial charge in [-0.25, -0.2) is 0 Å². The van der Waals surface area contributed by atoms with Gasteiger partial charge < -0.3 is 19.9 Å². The van der Waals surface area contributed by atoms with Crippen LogP contribution in [0.5, 0.6) is 17.2 Å². The molecule has 5 rings (SSSR count). The highest BCUT2D eigenvalue weighted by Gasteiger charge is 2.55. The molecule has 2 aromatic rings. The molecule has 4 heteroatoms. The topological polar surface area (TPSA) is 50.7 Å². The first-order valence-corrected chi connectivity index (χ1v) is 13.8. The van der Waals surface area contributed by atoms with Crippen molar-refractivity contribution in [3.05, 3.63) is 53.1 Å². The van der Waals surface area contributed by atoms with E-state index in [4.69, 9.17) is 9.47 Å².